The number of nitrogens with one attached hydrogen (secondary N) is 9. The molecule has 5 aromatic rings. The highest BCUT2D eigenvalue weighted by atomic mass is 16.6. The largest absolute Gasteiger partial charge is 0.488 e. The van der Waals surface area contributed by atoms with Gasteiger partial charge < -0.3 is 71.7 Å². The fourth-order valence-electron chi connectivity index (χ4n) is 12.5. The summed E-state index contributed by atoms with van der Waals surface area (Å²) >= 11 is 0. The van der Waals surface area contributed by atoms with E-state index in [1.165, 1.54) is 11.8 Å². The van der Waals surface area contributed by atoms with Crippen molar-refractivity contribution in [1.29, 1.82) is 0 Å². The maximum Gasteiger partial charge on any atom is 0.408 e. The topological polar surface area (TPSA) is 353 Å². The van der Waals surface area contributed by atoms with Crippen molar-refractivity contribution in [2.75, 3.05) is 31.5 Å². The van der Waals surface area contributed by atoms with Crippen LogP contribution in [-0.2, 0) is 94.5 Å². The van der Waals surface area contributed by atoms with E-state index in [4.69, 9.17) is 18.9 Å². The van der Waals surface area contributed by atoms with Crippen LogP contribution in [0.1, 0.15) is 187 Å². The van der Waals surface area contributed by atoms with Crippen LogP contribution in [0.3, 0.4) is 0 Å². The summed E-state index contributed by atoms with van der Waals surface area (Å²) in [6.07, 6.45) is 6.06. The summed E-state index contributed by atoms with van der Waals surface area (Å²) in [5, 5.41) is 25.0. The molecule has 9 N–H and O–H groups in total. The van der Waals surface area contributed by atoms with E-state index >= 15 is 0 Å². The minimum atomic E-state index is -1.31. The van der Waals surface area contributed by atoms with Crippen LogP contribution in [0.2, 0.25) is 0 Å². The molecule has 0 bridgehead atoms. The fraction of sp³-hybridized carbons (Fsp3) is 0.506. The molecule has 1 fully saturated rings. The first-order valence-corrected chi connectivity index (χ1v) is 38.7. The second-order valence-electron chi connectivity index (χ2n) is 31.0. The normalized spacial score (nSPS) is 14.1. The number of nitrogens with zero attached hydrogens (tertiary/aromatic N) is 1. The van der Waals surface area contributed by atoms with Gasteiger partial charge in [0, 0.05) is 51.5 Å². The number of unbranched alkanes of at least 4 members (excludes halogenated alkanes) is 4. The van der Waals surface area contributed by atoms with Gasteiger partial charge in [-0.15, -0.1) is 0 Å². The fourth-order valence-corrected chi connectivity index (χ4v) is 12.5. The van der Waals surface area contributed by atoms with Crippen molar-refractivity contribution in [3.8, 4) is 11.5 Å². The molecular weight excluding hydrogens is 1420 g/mol. The number of carbonyl (C=O) groups is 12. The van der Waals surface area contributed by atoms with Gasteiger partial charge in [0.2, 0.25) is 53.2 Å². The highest BCUT2D eigenvalue weighted by Gasteiger charge is 2.36. The van der Waals surface area contributed by atoms with Crippen molar-refractivity contribution < 1.29 is 76.5 Å². The van der Waals surface area contributed by atoms with Gasteiger partial charge in [-0.2, -0.15) is 0 Å². The van der Waals surface area contributed by atoms with Gasteiger partial charge in [0.1, 0.15) is 65.6 Å². The molecule has 1 aliphatic heterocycles. The Bertz CT molecular complexity index is 3860. The van der Waals surface area contributed by atoms with Crippen LogP contribution in [0.25, 0.3) is 0 Å². The maximum absolute atomic E-state index is 14.9. The van der Waals surface area contributed by atoms with Crippen LogP contribution in [-0.4, -0.2) is 150 Å². The van der Waals surface area contributed by atoms with E-state index in [1.54, 1.807) is 93.6 Å². The van der Waals surface area contributed by atoms with Gasteiger partial charge in [-0.3, -0.25) is 52.7 Å². The van der Waals surface area contributed by atoms with Crippen molar-refractivity contribution in [2.45, 2.75) is 239 Å². The van der Waals surface area contributed by atoms with Gasteiger partial charge in [0.25, 0.3) is 0 Å². The van der Waals surface area contributed by atoms with Gasteiger partial charge in [-0.25, -0.2) is 4.79 Å². The molecular formula is C85H116N10O16. The number of anilines is 1. The number of likely N-dealkylation sites (tertiary alicyclic amines) is 1. The lowest BCUT2D eigenvalue weighted by Gasteiger charge is -2.27. The third-order valence-electron chi connectivity index (χ3n) is 18.0. The van der Waals surface area contributed by atoms with Crippen molar-refractivity contribution in [3.05, 3.63) is 161 Å². The number of carbonyl (C=O) groups excluding carboxylic acids is 12. The Morgan fingerprint density at radius 1 is 0.486 bits per heavy atom. The zero-order valence-electron chi connectivity index (χ0n) is 66.4. The summed E-state index contributed by atoms with van der Waals surface area (Å²) in [6, 6.07) is 32.9. The molecule has 26 heteroatoms. The number of hydrogen-bond donors (Lipinski definition) is 9. The summed E-state index contributed by atoms with van der Waals surface area (Å²) in [6.45, 7) is 20.0. The van der Waals surface area contributed by atoms with Crippen LogP contribution in [0.5, 0.6) is 11.5 Å². The Labute approximate surface area is 653 Å². The zero-order chi connectivity index (χ0) is 81.0. The van der Waals surface area contributed by atoms with E-state index in [2.05, 4.69) is 47.9 Å². The average molecular weight is 1530 g/mol. The van der Waals surface area contributed by atoms with Gasteiger partial charge in [0.05, 0.1) is 13.0 Å². The highest BCUT2D eigenvalue weighted by molar-refractivity contribution is 6.00. The average Bonchev–Trinajstić information content (AvgIpc) is 1.82. The molecule has 1 heterocycles. The van der Waals surface area contributed by atoms with Crippen LogP contribution in [0, 0.1) is 11.8 Å². The number of esters is 2. The molecule has 0 radical (unpaired) electrons. The lowest BCUT2D eigenvalue weighted by atomic mass is 9.99. The van der Waals surface area contributed by atoms with Gasteiger partial charge >= 0.3 is 18.0 Å². The first-order chi connectivity index (χ1) is 52.8. The van der Waals surface area contributed by atoms with Crippen molar-refractivity contribution in [3.63, 3.8) is 0 Å². The predicted molar refractivity (Wildman–Crippen MR) is 422 cm³/mol. The molecule has 0 spiro atoms. The second-order valence-corrected chi connectivity index (χ2v) is 31.0. The number of benzene rings is 5. The van der Waals surface area contributed by atoms with E-state index < -0.39 is 113 Å². The smallest absolute Gasteiger partial charge is 0.408 e. The Morgan fingerprint density at radius 3 is 1.69 bits per heavy atom. The van der Waals surface area contributed by atoms with Crippen molar-refractivity contribution in [2.24, 2.45) is 11.8 Å². The summed E-state index contributed by atoms with van der Waals surface area (Å²) in [4.78, 5) is 164. The molecule has 1 aliphatic rings. The highest BCUT2D eigenvalue weighted by Crippen LogP contribution is 2.24. The van der Waals surface area contributed by atoms with E-state index in [0.29, 0.717) is 67.0 Å². The number of alkyl carbamates (subject to hydrolysis) is 1. The third kappa shape index (κ3) is 34.4. The summed E-state index contributed by atoms with van der Waals surface area (Å²) in [5.74, 6) is -5.06. The number of hydrogen-bond acceptors (Lipinski definition) is 16. The van der Waals surface area contributed by atoms with Crippen molar-refractivity contribution >= 4 is 76.9 Å². The quantitative estimate of drug-likeness (QED) is 0.00996. The lowest BCUT2D eigenvalue weighted by Crippen LogP contribution is -2.58. The number of aryl methyl sites for hydroxylation is 2. The van der Waals surface area contributed by atoms with Gasteiger partial charge in [-0.05, 0) is 176 Å². The minimum absolute atomic E-state index is 0.00639. The monoisotopic (exact) mass is 1530 g/mol. The maximum atomic E-state index is 14.9. The summed E-state index contributed by atoms with van der Waals surface area (Å²) in [5.41, 5.74) is 2.86. The molecule has 0 unspecified atom stereocenters. The Kier molecular flexibility index (Phi) is 36.6. The van der Waals surface area contributed by atoms with Gasteiger partial charge in [0.15, 0.2) is 0 Å². The van der Waals surface area contributed by atoms with E-state index in [-0.39, 0.29) is 88.3 Å². The standard InChI is InChI=1S/C85H116N10O16/c1-56(2)50-69(93-82(106)72-33-25-49-95(72)58(5)96)78(102)88-54-74(98)89-68(44-39-59-26-18-15-19-27-59)79(103)92-71(52-61-37-42-65(43-38-61)110-84(6,7)8)81(105)91-70(51-57(3)4)80(104)90-66-32-24-23-31-63(66)53-76(100)109-64-40-35-60(36-41-64)28-17-13-12-14-22-34-73(97)86-47-48-87-77(101)67(45-46-75(99)111-85(9,10)11)94-83(107)108-55-62-29-20-16-21-30-62/h15-16,18-21,23-24,26-27,29-32,35-38,40-43,56-57,67-72H,12-14,17,22,25,28,33-34,39,44-55H2,1-11H3,(H,86,97)(H,87,101)(H,88,102)(H,89,98)(H,90,104)(H,91,105)(H,92,103)(H,93,106)(H,94,107)/t67-,68-,69-,70-,71-,72-/m0/s1. The SMILES string of the molecule is CC(=O)N1CCC[C@H]1C(=O)N[C@@H](CC(C)C)C(=O)NCC(=O)N[C@@H](CCc1ccccc1)C(=O)N[C@@H](Cc1ccc(OC(C)(C)C)cc1)C(=O)N[C@@H](CC(C)C)C(=O)Nc1ccccc1CC(=O)Oc1ccc(CCCCCCCC(=O)NCCNC(=O)[C@H](CCC(=O)OC(C)(C)C)NC(=O)OCc2ccccc2)cc1. The van der Waals surface area contributed by atoms with E-state index in [1.807, 2.05) is 109 Å². The summed E-state index contributed by atoms with van der Waals surface area (Å²) in [7, 11) is 0. The van der Waals surface area contributed by atoms with E-state index in [0.717, 1.165) is 48.8 Å². The van der Waals surface area contributed by atoms with Crippen LogP contribution in [0.15, 0.2) is 133 Å². The molecule has 6 rings (SSSR count). The Balaban J connectivity index is 0.998. The lowest BCUT2D eigenvalue weighted by molar-refractivity contribution is -0.155. The van der Waals surface area contributed by atoms with Crippen LogP contribution in [0.4, 0.5) is 10.5 Å². The van der Waals surface area contributed by atoms with Crippen LogP contribution >= 0.6 is 0 Å². The molecule has 10 amide bonds. The first-order valence-electron chi connectivity index (χ1n) is 38.7. The minimum Gasteiger partial charge on any atom is -0.488 e. The molecule has 26 nitrogen and oxygen atoms in total. The number of para-hydroxylation sites is 1. The molecule has 0 saturated carbocycles. The molecule has 0 aromatic heterocycles. The second kappa shape index (κ2) is 45.5. The molecule has 0 aliphatic carbocycles. The number of ether oxygens (including phenoxy) is 4. The molecule has 5 aromatic carbocycles. The molecule has 1 saturated heterocycles. The Morgan fingerprint density at radius 2 is 1.05 bits per heavy atom. The molecule has 602 valence electrons. The Hall–Kier alpha value is -10.7. The number of rotatable bonds is 43. The van der Waals surface area contributed by atoms with E-state index in [9.17, 15) is 57.5 Å². The first kappa shape index (κ1) is 89.2. The number of amides is 10. The predicted octanol–water partition coefficient (Wildman–Crippen LogP) is 9.52. The molecule has 6 atom stereocenters. The van der Waals surface area contributed by atoms with Crippen LogP contribution < -0.4 is 57.3 Å². The third-order valence-corrected chi connectivity index (χ3v) is 18.0. The molecule has 111 heavy (non-hydrogen) atoms. The summed E-state index contributed by atoms with van der Waals surface area (Å²) < 4.78 is 22.5. The van der Waals surface area contributed by atoms with Crippen molar-refractivity contribution in [1.82, 2.24) is 47.4 Å². The van der Waals surface area contributed by atoms with Gasteiger partial charge in [-0.1, -0.05) is 150 Å². The zero-order valence-corrected chi connectivity index (χ0v) is 66.4.